The molecule has 0 amide bonds. The van der Waals surface area contributed by atoms with Crippen molar-refractivity contribution in [3.63, 3.8) is 0 Å². The van der Waals surface area contributed by atoms with Crippen molar-refractivity contribution in [2.75, 3.05) is 5.73 Å². The molecule has 20 heavy (non-hydrogen) atoms. The summed E-state index contributed by atoms with van der Waals surface area (Å²) in [5.41, 5.74) is 12.9. The maximum absolute atomic E-state index is 6.17. The third-order valence-corrected chi connectivity index (χ3v) is 4.10. The molecule has 106 valence electrons. The zero-order chi connectivity index (χ0) is 14.1. The molecule has 0 bridgehead atoms. The third kappa shape index (κ3) is 2.56. The minimum absolute atomic E-state index is 0.283. The molecule has 2 aromatic rings. The number of hydrogen-bond acceptors (Lipinski definition) is 4. The van der Waals surface area contributed by atoms with Gasteiger partial charge in [-0.1, -0.05) is 0 Å². The Labute approximate surface area is 119 Å². The molecule has 0 unspecified atom stereocenters. The molecule has 4 nitrogen and oxygen atoms in total. The topological polar surface area (TPSA) is 74.2 Å². The Kier molecular flexibility index (Phi) is 3.49. The first-order valence-electron chi connectivity index (χ1n) is 7.20. The predicted molar refractivity (Wildman–Crippen MR) is 81.8 cm³/mol. The molecular weight excluding hydrogens is 250 g/mol. The van der Waals surface area contributed by atoms with E-state index < -0.39 is 0 Å². The molecule has 1 fully saturated rings. The summed E-state index contributed by atoms with van der Waals surface area (Å²) in [7, 11) is 0. The van der Waals surface area contributed by atoms with Crippen LogP contribution in [-0.2, 0) is 0 Å². The average molecular weight is 271 g/mol. The van der Waals surface area contributed by atoms with E-state index in [2.05, 4.69) is 24.0 Å². The van der Waals surface area contributed by atoms with Gasteiger partial charge in [0.1, 0.15) is 11.6 Å². The first-order valence-corrected chi connectivity index (χ1v) is 7.20. The normalized spacial score (nSPS) is 22.9. The molecule has 1 saturated carbocycles. The van der Waals surface area contributed by atoms with Crippen LogP contribution < -0.4 is 16.2 Å². The Hall–Kier alpha value is -1.81. The standard InChI is InChI=1S/C16H21N3O/c1-10-8-14-11(6-7-19-16(14)18)9-15(10)20-13-4-2-12(17)3-5-13/h6-9,12-13H,2-5,17H2,1H3,(H2,18,19)/t12-,13+. The number of rotatable bonds is 2. The number of nitrogens with two attached hydrogens (primary N) is 2. The van der Waals surface area contributed by atoms with Crippen molar-refractivity contribution in [2.24, 2.45) is 5.73 Å². The Morgan fingerprint density at radius 3 is 2.70 bits per heavy atom. The molecule has 0 radical (unpaired) electrons. The number of pyridine rings is 1. The molecule has 0 aliphatic heterocycles. The molecule has 3 rings (SSSR count). The molecule has 1 aliphatic rings. The van der Waals surface area contributed by atoms with Gasteiger partial charge in [0.25, 0.3) is 0 Å². The van der Waals surface area contributed by atoms with E-state index in [9.17, 15) is 0 Å². The van der Waals surface area contributed by atoms with Crippen molar-refractivity contribution in [1.82, 2.24) is 4.98 Å². The molecule has 1 aromatic heterocycles. The minimum Gasteiger partial charge on any atom is -0.490 e. The van der Waals surface area contributed by atoms with Gasteiger partial charge in [0.05, 0.1) is 6.10 Å². The number of nitrogen functional groups attached to an aromatic ring is 1. The van der Waals surface area contributed by atoms with E-state index in [-0.39, 0.29) is 6.10 Å². The highest BCUT2D eigenvalue weighted by Gasteiger charge is 2.20. The van der Waals surface area contributed by atoms with Gasteiger partial charge in [-0.3, -0.25) is 0 Å². The van der Waals surface area contributed by atoms with Gasteiger partial charge in [0.15, 0.2) is 0 Å². The Balaban J connectivity index is 1.86. The summed E-state index contributed by atoms with van der Waals surface area (Å²) in [6, 6.07) is 6.44. The van der Waals surface area contributed by atoms with Gasteiger partial charge in [-0.25, -0.2) is 4.98 Å². The first kappa shape index (κ1) is 13.2. The number of hydrogen-bond donors (Lipinski definition) is 2. The summed E-state index contributed by atoms with van der Waals surface area (Å²) < 4.78 is 6.17. The van der Waals surface area contributed by atoms with Gasteiger partial charge in [-0.2, -0.15) is 0 Å². The predicted octanol–water partition coefficient (Wildman–Crippen LogP) is 2.77. The first-order chi connectivity index (χ1) is 9.63. The summed E-state index contributed by atoms with van der Waals surface area (Å²) in [4.78, 5) is 4.13. The van der Waals surface area contributed by atoms with Gasteiger partial charge in [-0.05, 0) is 61.8 Å². The second-order valence-electron chi connectivity index (χ2n) is 5.69. The number of aromatic nitrogens is 1. The molecule has 0 atom stereocenters. The quantitative estimate of drug-likeness (QED) is 0.880. The second-order valence-corrected chi connectivity index (χ2v) is 5.69. The number of benzene rings is 1. The van der Waals surface area contributed by atoms with E-state index in [4.69, 9.17) is 16.2 Å². The SMILES string of the molecule is Cc1cc2c(N)nccc2cc1O[C@H]1CC[C@@H](N)CC1. The lowest BCUT2D eigenvalue weighted by Crippen LogP contribution is -2.31. The highest BCUT2D eigenvalue weighted by molar-refractivity contribution is 5.92. The molecule has 1 aromatic carbocycles. The van der Waals surface area contributed by atoms with Gasteiger partial charge >= 0.3 is 0 Å². The fourth-order valence-electron chi connectivity index (χ4n) is 2.84. The van der Waals surface area contributed by atoms with Crippen molar-refractivity contribution in [3.8, 4) is 5.75 Å². The van der Waals surface area contributed by atoms with Crippen LogP contribution in [-0.4, -0.2) is 17.1 Å². The number of anilines is 1. The molecule has 0 saturated heterocycles. The molecule has 4 heteroatoms. The Morgan fingerprint density at radius 1 is 1.20 bits per heavy atom. The summed E-state index contributed by atoms with van der Waals surface area (Å²) in [6.07, 6.45) is 6.19. The van der Waals surface area contributed by atoms with E-state index in [0.717, 1.165) is 47.8 Å². The van der Waals surface area contributed by atoms with Crippen LogP contribution in [0.4, 0.5) is 5.82 Å². The van der Waals surface area contributed by atoms with Crippen molar-refractivity contribution in [3.05, 3.63) is 30.0 Å². The Bertz CT molecular complexity index is 618. The smallest absolute Gasteiger partial charge is 0.131 e. The lowest BCUT2D eigenvalue weighted by Gasteiger charge is -2.27. The van der Waals surface area contributed by atoms with Gasteiger partial charge < -0.3 is 16.2 Å². The molecule has 4 N–H and O–H groups in total. The number of fused-ring (bicyclic) bond motifs is 1. The Morgan fingerprint density at radius 2 is 1.95 bits per heavy atom. The minimum atomic E-state index is 0.283. The van der Waals surface area contributed by atoms with E-state index >= 15 is 0 Å². The zero-order valence-electron chi connectivity index (χ0n) is 11.8. The van der Waals surface area contributed by atoms with E-state index in [1.807, 2.05) is 6.07 Å². The van der Waals surface area contributed by atoms with Crippen LogP contribution in [0.25, 0.3) is 10.8 Å². The fourth-order valence-corrected chi connectivity index (χ4v) is 2.84. The van der Waals surface area contributed by atoms with Crippen LogP contribution in [0.3, 0.4) is 0 Å². The maximum atomic E-state index is 6.17. The van der Waals surface area contributed by atoms with Gasteiger partial charge in [-0.15, -0.1) is 0 Å². The van der Waals surface area contributed by atoms with Gasteiger partial charge in [0, 0.05) is 17.6 Å². The number of ether oxygens (including phenoxy) is 1. The van der Waals surface area contributed by atoms with E-state index in [1.54, 1.807) is 6.20 Å². The summed E-state index contributed by atoms with van der Waals surface area (Å²) in [6.45, 7) is 2.05. The molecule has 1 heterocycles. The van der Waals surface area contributed by atoms with Crippen LogP contribution in [0.2, 0.25) is 0 Å². The number of nitrogens with zero attached hydrogens (tertiary/aromatic N) is 1. The molecule has 1 aliphatic carbocycles. The van der Waals surface area contributed by atoms with Crippen LogP contribution in [0.15, 0.2) is 24.4 Å². The van der Waals surface area contributed by atoms with Crippen molar-refractivity contribution >= 4 is 16.6 Å². The van der Waals surface area contributed by atoms with Crippen molar-refractivity contribution in [1.29, 1.82) is 0 Å². The zero-order valence-corrected chi connectivity index (χ0v) is 11.8. The summed E-state index contributed by atoms with van der Waals surface area (Å²) in [5.74, 6) is 1.52. The summed E-state index contributed by atoms with van der Waals surface area (Å²) in [5, 5.41) is 2.06. The largest absolute Gasteiger partial charge is 0.490 e. The van der Waals surface area contributed by atoms with Crippen LogP contribution in [0, 0.1) is 6.92 Å². The lowest BCUT2D eigenvalue weighted by molar-refractivity contribution is 0.146. The average Bonchev–Trinajstić information content (AvgIpc) is 2.43. The monoisotopic (exact) mass is 271 g/mol. The fraction of sp³-hybridized carbons (Fsp3) is 0.438. The molecule has 0 spiro atoms. The van der Waals surface area contributed by atoms with Crippen molar-refractivity contribution < 1.29 is 4.74 Å². The third-order valence-electron chi connectivity index (χ3n) is 4.10. The summed E-state index contributed by atoms with van der Waals surface area (Å²) >= 11 is 0. The van der Waals surface area contributed by atoms with Crippen LogP contribution >= 0.6 is 0 Å². The maximum Gasteiger partial charge on any atom is 0.131 e. The second kappa shape index (κ2) is 5.29. The highest BCUT2D eigenvalue weighted by atomic mass is 16.5. The molecular formula is C16H21N3O. The lowest BCUT2D eigenvalue weighted by atomic mass is 9.93. The van der Waals surface area contributed by atoms with Crippen LogP contribution in [0.1, 0.15) is 31.2 Å². The van der Waals surface area contributed by atoms with Crippen molar-refractivity contribution in [2.45, 2.75) is 44.8 Å². The van der Waals surface area contributed by atoms with E-state index in [0.29, 0.717) is 11.9 Å². The highest BCUT2D eigenvalue weighted by Crippen LogP contribution is 2.30. The van der Waals surface area contributed by atoms with Gasteiger partial charge in [0.2, 0.25) is 0 Å². The van der Waals surface area contributed by atoms with Crippen LogP contribution in [0.5, 0.6) is 5.75 Å². The van der Waals surface area contributed by atoms with E-state index in [1.165, 1.54) is 0 Å². The number of aryl methyl sites for hydroxylation is 1.